The molecule has 2 aliphatic rings. The molecule has 1 N–H and O–H groups in total. The molecule has 2 atom stereocenters. The Bertz CT molecular complexity index is 960. The number of carboxylic acid groups (broad SMARTS) is 1. The van der Waals surface area contributed by atoms with Gasteiger partial charge in [0.2, 0.25) is 5.91 Å². The number of halogens is 3. The number of aliphatic carboxylic acids is 1. The van der Waals surface area contributed by atoms with E-state index in [0.717, 1.165) is 5.56 Å². The second-order valence-corrected chi connectivity index (χ2v) is 7.35. The largest absolute Gasteiger partial charge is 0.490 e. The van der Waals surface area contributed by atoms with Crippen molar-refractivity contribution in [2.75, 3.05) is 19.6 Å². The second kappa shape index (κ2) is 8.78. The van der Waals surface area contributed by atoms with Crippen LogP contribution in [0.3, 0.4) is 0 Å². The molecule has 2 fully saturated rings. The maximum atomic E-state index is 12.7. The first-order chi connectivity index (χ1) is 14.6. The summed E-state index contributed by atoms with van der Waals surface area (Å²) in [6.07, 6.45) is -0.0372. The average molecular weight is 439 g/mol. The van der Waals surface area contributed by atoms with Crippen molar-refractivity contribution in [2.24, 2.45) is 11.8 Å². The molecule has 0 aromatic carbocycles. The smallest absolute Gasteiger partial charge is 0.475 e. The van der Waals surface area contributed by atoms with Crippen LogP contribution in [0.25, 0.3) is 0 Å². The van der Waals surface area contributed by atoms with Crippen LogP contribution in [0, 0.1) is 18.8 Å². The van der Waals surface area contributed by atoms with Crippen molar-refractivity contribution < 1.29 is 37.1 Å². The van der Waals surface area contributed by atoms with Crippen LogP contribution in [-0.2, 0) is 16.1 Å². The van der Waals surface area contributed by atoms with E-state index in [1.165, 1.54) is 6.26 Å². The summed E-state index contributed by atoms with van der Waals surface area (Å²) in [7, 11) is 0. The van der Waals surface area contributed by atoms with Crippen molar-refractivity contribution in [3.05, 3.63) is 53.7 Å². The first-order valence-electron chi connectivity index (χ1n) is 9.39. The molecule has 8 nitrogen and oxygen atoms in total. The Balaban J connectivity index is 0.000000339. The van der Waals surface area contributed by atoms with Crippen molar-refractivity contribution in [1.29, 1.82) is 0 Å². The minimum atomic E-state index is -5.08. The molecule has 166 valence electrons. The van der Waals surface area contributed by atoms with Crippen molar-refractivity contribution >= 4 is 17.8 Å². The van der Waals surface area contributed by atoms with Gasteiger partial charge in [0.1, 0.15) is 5.76 Å². The van der Waals surface area contributed by atoms with Gasteiger partial charge in [0, 0.05) is 44.5 Å². The van der Waals surface area contributed by atoms with Crippen LogP contribution in [0.15, 0.2) is 41.3 Å². The number of aromatic nitrogens is 1. The van der Waals surface area contributed by atoms with Crippen molar-refractivity contribution in [2.45, 2.75) is 19.6 Å². The van der Waals surface area contributed by atoms with Crippen LogP contribution in [0.1, 0.15) is 21.7 Å². The molecule has 2 amide bonds. The van der Waals surface area contributed by atoms with Crippen LogP contribution in [-0.4, -0.2) is 63.5 Å². The fraction of sp³-hybridized carbons (Fsp3) is 0.400. The standard InChI is InChI=1S/C18H19N3O3.C2HF3O2/c1-12-15(4-6-24-12)17(22)21-10-14-9-20(18(23)16(14)11-21)8-13-3-2-5-19-7-13;3-2(4,5)1(6)7/h2-7,14,16H,8-11H2,1H3;(H,6,7)/t14-,16+;/m1./s1. The Morgan fingerprint density at radius 2 is 1.97 bits per heavy atom. The number of fused-ring (bicyclic) bond motifs is 1. The van der Waals surface area contributed by atoms with Gasteiger partial charge in [0.15, 0.2) is 0 Å². The molecule has 2 aromatic heterocycles. The molecule has 31 heavy (non-hydrogen) atoms. The number of likely N-dealkylation sites (tertiary alicyclic amines) is 2. The van der Waals surface area contributed by atoms with Gasteiger partial charge in [-0.2, -0.15) is 13.2 Å². The molecule has 0 unspecified atom stereocenters. The maximum absolute atomic E-state index is 12.7. The summed E-state index contributed by atoms with van der Waals surface area (Å²) in [5.41, 5.74) is 1.63. The van der Waals surface area contributed by atoms with E-state index in [-0.39, 0.29) is 23.7 Å². The molecule has 0 aliphatic carbocycles. The van der Waals surface area contributed by atoms with E-state index in [1.54, 1.807) is 30.3 Å². The highest BCUT2D eigenvalue weighted by Gasteiger charge is 2.47. The number of nitrogens with zero attached hydrogens (tertiary/aromatic N) is 3. The lowest BCUT2D eigenvalue weighted by Crippen LogP contribution is -2.35. The van der Waals surface area contributed by atoms with Crippen LogP contribution < -0.4 is 0 Å². The minimum Gasteiger partial charge on any atom is -0.475 e. The fourth-order valence-corrected chi connectivity index (χ4v) is 3.74. The molecule has 0 spiro atoms. The number of carboxylic acids is 1. The Morgan fingerprint density at radius 3 is 2.48 bits per heavy atom. The number of aryl methyl sites for hydroxylation is 1. The summed E-state index contributed by atoms with van der Waals surface area (Å²) < 4.78 is 37.0. The molecule has 0 radical (unpaired) electrons. The summed E-state index contributed by atoms with van der Waals surface area (Å²) >= 11 is 0. The van der Waals surface area contributed by atoms with Gasteiger partial charge in [-0.1, -0.05) is 6.07 Å². The Kier molecular flexibility index (Phi) is 6.32. The number of amides is 2. The number of furan rings is 1. The molecular formula is C20H20F3N3O5. The zero-order chi connectivity index (χ0) is 22.8. The lowest BCUT2D eigenvalue weighted by molar-refractivity contribution is -0.192. The highest BCUT2D eigenvalue weighted by Crippen LogP contribution is 2.34. The van der Waals surface area contributed by atoms with E-state index in [0.29, 0.717) is 37.5 Å². The lowest BCUT2D eigenvalue weighted by atomic mass is 10.0. The first kappa shape index (κ1) is 22.3. The van der Waals surface area contributed by atoms with Gasteiger partial charge < -0.3 is 19.3 Å². The van der Waals surface area contributed by atoms with Gasteiger partial charge in [0.05, 0.1) is 17.7 Å². The number of alkyl halides is 3. The Labute approximate surface area is 175 Å². The lowest BCUT2D eigenvalue weighted by Gasteiger charge is -2.21. The zero-order valence-electron chi connectivity index (χ0n) is 16.5. The van der Waals surface area contributed by atoms with E-state index in [1.807, 2.05) is 17.0 Å². The van der Waals surface area contributed by atoms with E-state index >= 15 is 0 Å². The van der Waals surface area contributed by atoms with E-state index in [9.17, 15) is 22.8 Å². The number of hydrogen-bond acceptors (Lipinski definition) is 5. The Morgan fingerprint density at radius 1 is 1.26 bits per heavy atom. The third-order valence-corrected chi connectivity index (χ3v) is 5.24. The maximum Gasteiger partial charge on any atom is 0.490 e. The molecular weight excluding hydrogens is 419 g/mol. The van der Waals surface area contributed by atoms with Crippen LogP contribution >= 0.6 is 0 Å². The minimum absolute atomic E-state index is 0.0396. The second-order valence-electron chi connectivity index (χ2n) is 7.35. The topological polar surface area (TPSA) is 104 Å². The quantitative estimate of drug-likeness (QED) is 0.788. The van der Waals surface area contributed by atoms with Crippen molar-refractivity contribution in [3.63, 3.8) is 0 Å². The Hall–Kier alpha value is -3.37. The highest BCUT2D eigenvalue weighted by atomic mass is 19.4. The van der Waals surface area contributed by atoms with Gasteiger partial charge in [-0.05, 0) is 24.6 Å². The van der Waals surface area contributed by atoms with E-state index in [2.05, 4.69) is 4.98 Å². The summed E-state index contributed by atoms with van der Waals surface area (Å²) in [6.45, 7) is 4.20. The summed E-state index contributed by atoms with van der Waals surface area (Å²) in [5.74, 6) is -1.90. The molecule has 4 rings (SSSR count). The van der Waals surface area contributed by atoms with Gasteiger partial charge >= 0.3 is 12.1 Å². The molecule has 2 aliphatic heterocycles. The van der Waals surface area contributed by atoms with Crippen LogP contribution in [0.2, 0.25) is 0 Å². The summed E-state index contributed by atoms with van der Waals surface area (Å²) in [5, 5.41) is 7.12. The van der Waals surface area contributed by atoms with Crippen LogP contribution in [0.4, 0.5) is 13.2 Å². The number of pyridine rings is 1. The highest BCUT2D eigenvalue weighted by molar-refractivity contribution is 5.96. The molecule has 2 aromatic rings. The molecule has 4 heterocycles. The third-order valence-electron chi connectivity index (χ3n) is 5.24. The third kappa shape index (κ3) is 5.04. The fourth-order valence-electron chi connectivity index (χ4n) is 3.74. The molecule has 0 saturated carbocycles. The molecule has 0 bridgehead atoms. The normalized spacial score (nSPS) is 20.3. The van der Waals surface area contributed by atoms with Gasteiger partial charge in [-0.25, -0.2) is 4.79 Å². The van der Waals surface area contributed by atoms with Crippen molar-refractivity contribution in [3.8, 4) is 0 Å². The van der Waals surface area contributed by atoms with Crippen molar-refractivity contribution in [1.82, 2.24) is 14.8 Å². The predicted octanol–water partition coefficient (Wildman–Crippen LogP) is 2.35. The average Bonchev–Trinajstić information content (AvgIpc) is 3.39. The molecule has 11 heteroatoms. The monoisotopic (exact) mass is 439 g/mol. The summed E-state index contributed by atoms with van der Waals surface area (Å²) in [6, 6.07) is 5.55. The predicted molar refractivity (Wildman–Crippen MR) is 99.7 cm³/mol. The number of hydrogen-bond donors (Lipinski definition) is 1. The first-order valence-corrected chi connectivity index (χ1v) is 9.39. The number of carbonyl (C=O) groups excluding carboxylic acids is 2. The number of carbonyl (C=O) groups is 3. The van der Waals surface area contributed by atoms with Gasteiger partial charge in [0.25, 0.3) is 5.91 Å². The number of rotatable bonds is 3. The van der Waals surface area contributed by atoms with Gasteiger partial charge in [-0.3, -0.25) is 14.6 Å². The molecule has 2 saturated heterocycles. The zero-order valence-corrected chi connectivity index (χ0v) is 16.5. The van der Waals surface area contributed by atoms with Gasteiger partial charge in [-0.15, -0.1) is 0 Å². The SMILES string of the molecule is Cc1occc1C(=O)N1C[C@H]2CN(Cc3cccnc3)C(=O)[C@H]2C1.O=C(O)C(F)(F)F. The van der Waals surface area contributed by atoms with E-state index < -0.39 is 12.1 Å². The van der Waals surface area contributed by atoms with E-state index in [4.69, 9.17) is 14.3 Å². The van der Waals surface area contributed by atoms with Crippen LogP contribution in [0.5, 0.6) is 0 Å². The summed E-state index contributed by atoms with van der Waals surface area (Å²) in [4.78, 5) is 41.9.